The Morgan fingerprint density at radius 3 is 2.56 bits per heavy atom. The van der Waals surface area contributed by atoms with Crippen LogP contribution in [-0.2, 0) is 52.9 Å². The lowest BCUT2D eigenvalue weighted by Crippen LogP contribution is -2.48. The molecule has 0 saturated carbocycles. The summed E-state index contributed by atoms with van der Waals surface area (Å²) in [6, 6.07) is 6.58. The summed E-state index contributed by atoms with van der Waals surface area (Å²) in [5, 5.41) is 12.1. The van der Waals surface area contributed by atoms with E-state index >= 15 is 0 Å². The van der Waals surface area contributed by atoms with Gasteiger partial charge in [0, 0.05) is 37.5 Å². The van der Waals surface area contributed by atoms with E-state index in [1.54, 1.807) is 30.3 Å². The summed E-state index contributed by atoms with van der Waals surface area (Å²) in [6.45, 7) is 1.89. The summed E-state index contributed by atoms with van der Waals surface area (Å²) in [5.41, 5.74) is 11.5. The standard InChI is InChI=1S/C34H42ClN9O15P2/c1-3-4-8-25(45)42(2)20(12-18-6-5-7-19(35)11-18)33(47)58-29-23(57-32(28(29)46)44-17-40-27-30(37)38-16-39-31(27)44)15-55-61(52,53)59-21-13-26(43-10-9-24(36)41-34(43)48)56-22(21)14-54-60(49,50)51/h3,5-7,9-11,16-17,20-23,26,28-29,32,46H,1,4,8,12-15H2,2H3,(H,52,53)(H2,36,41,48)(H2,37,38,39)(H2,49,50,51)/t20-,21+,22-,23+,26-,28-,29-,32?/m1/s1. The summed E-state index contributed by atoms with van der Waals surface area (Å²) >= 11 is 6.21. The van der Waals surface area contributed by atoms with Crippen molar-refractivity contribution in [1.29, 1.82) is 0 Å². The van der Waals surface area contributed by atoms with Crippen LogP contribution >= 0.6 is 27.2 Å². The zero-order chi connectivity index (χ0) is 44.2. The number of nitrogen functional groups attached to an aromatic ring is 2. The second-order valence-corrected chi connectivity index (χ2v) is 16.9. The minimum Gasteiger partial charge on any atom is -0.455 e. The normalized spacial score (nSPS) is 24.3. The maximum absolute atomic E-state index is 14.2. The van der Waals surface area contributed by atoms with Crippen LogP contribution in [0.25, 0.3) is 11.2 Å². The van der Waals surface area contributed by atoms with Gasteiger partial charge < -0.3 is 50.4 Å². The molecule has 2 saturated heterocycles. The number of allylic oxidation sites excluding steroid dienone is 1. The molecular weight excluding hydrogens is 872 g/mol. The van der Waals surface area contributed by atoms with Crippen molar-refractivity contribution in [3.8, 4) is 0 Å². The summed E-state index contributed by atoms with van der Waals surface area (Å²) in [4.78, 5) is 86.6. The van der Waals surface area contributed by atoms with Crippen molar-refractivity contribution in [3.05, 3.63) is 82.9 Å². The summed E-state index contributed by atoms with van der Waals surface area (Å²) in [6.07, 6.45) is -5.42. The topological polar surface area (TPSA) is 338 Å². The molecule has 27 heteroatoms. The minimum absolute atomic E-state index is 0.00523. The molecule has 330 valence electrons. The molecule has 1 amide bonds. The number of aliphatic hydroxyl groups excluding tert-OH is 1. The van der Waals surface area contributed by atoms with E-state index in [0.29, 0.717) is 17.0 Å². The molecule has 24 nitrogen and oxygen atoms in total. The number of amides is 1. The first-order valence-corrected chi connectivity index (χ1v) is 21.7. The fourth-order valence-corrected chi connectivity index (χ4v) is 8.17. The van der Waals surface area contributed by atoms with Crippen LogP contribution in [0.2, 0.25) is 5.02 Å². The number of rotatable bonds is 18. The number of carbonyl (C=O) groups excluding carboxylic acids is 2. The maximum atomic E-state index is 14.2. The van der Waals surface area contributed by atoms with Gasteiger partial charge in [-0.15, -0.1) is 6.58 Å². The van der Waals surface area contributed by atoms with E-state index in [1.807, 2.05) is 0 Å². The number of aliphatic hydroxyl groups is 1. The van der Waals surface area contributed by atoms with Gasteiger partial charge in [0.25, 0.3) is 0 Å². The maximum Gasteiger partial charge on any atom is 0.472 e. The van der Waals surface area contributed by atoms with E-state index in [1.165, 1.54) is 35.1 Å². The van der Waals surface area contributed by atoms with Crippen molar-refractivity contribution in [3.63, 3.8) is 0 Å². The Morgan fingerprint density at radius 1 is 1.10 bits per heavy atom. The molecule has 2 aliphatic rings. The van der Waals surface area contributed by atoms with Gasteiger partial charge in [0.15, 0.2) is 23.8 Å². The number of esters is 1. The van der Waals surface area contributed by atoms with Crippen LogP contribution in [0.15, 0.2) is 66.6 Å². The number of imidazole rings is 1. The Bertz CT molecular complexity index is 2400. The van der Waals surface area contributed by atoms with Gasteiger partial charge in [-0.3, -0.25) is 27.5 Å². The number of ether oxygens (including phenoxy) is 3. The Hall–Kier alpha value is -4.68. The van der Waals surface area contributed by atoms with Crippen molar-refractivity contribution in [2.24, 2.45) is 0 Å². The van der Waals surface area contributed by atoms with Gasteiger partial charge in [0.05, 0.1) is 19.5 Å². The molecule has 0 aliphatic carbocycles. The largest absolute Gasteiger partial charge is 0.472 e. The third-order valence-electron chi connectivity index (χ3n) is 9.66. The number of carbonyl (C=O) groups is 2. The monoisotopic (exact) mass is 913 g/mol. The average molecular weight is 914 g/mol. The Kier molecular flexibility index (Phi) is 14.4. The van der Waals surface area contributed by atoms with E-state index in [4.69, 9.17) is 46.3 Å². The van der Waals surface area contributed by atoms with Crippen molar-refractivity contribution < 1.29 is 66.3 Å². The van der Waals surface area contributed by atoms with Crippen molar-refractivity contribution in [2.75, 3.05) is 31.7 Å². The number of phosphoric acid groups is 2. The number of aromatic nitrogens is 6. The van der Waals surface area contributed by atoms with E-state index in [2.05, 4.69) is 31.0 Å². The molecule has 0 spiro atoms. The second-order valence-electron chi connectivity index (χ2n) is 13.8. The predicted molar refractivity (Wildman–Crippen MR) is 211 cm³/mol. The number of nitrogens with two attached hydrogens (primary N) is 2. The molecule has 2 fully saturated rings. The van der Waals surface area contributed by atoms with Gasteiger partial charge in [-0.1, -0.05) is 29.8 Å². The number of fused-ring (bicyclic) bond motifs is 1. The first kappa shape index (κ1) is 45.8. The van der Waals surface area contributed by atoms with Gasteiger partial charge in [-0.05, 0) is 30.2 Å². The third kappa shape index (κ3) is 11.2. The third-order valence-corrected chi connectivity index (χ3v) is 11.4. The molecule has 61 heavy (non-hydrogen) atoms. The molecular formula is C34H42ClN9O15P2. The van der Waals surface area contributed by atoms with Crippen LogP contribution in [0, 0.1) is 0 Å². The number of halogens is 1. The molecule has 5 heterocycles. The second kappa shape index (κ2) is 19.2. The lowest BCUT2D eigenvalue weighted by molar-refractivity contribution is -0.165. The Balaban J connectivity index is 1.26. The number of phosphoric ester groups is 2. The molecule has 8 N–H and O–H groups in total. The minimum atomic E-state index is -5.23. The van der Waals surface area contributed by atoms with Crippen molar-refractivity contribution >= 4 is 61.9 Å². The van der Waals surface area contributed by atoms with Crippen LogP contribution in [0.3, 0.4) is 0 Å². The van der Waals surface area contributed by atoms with Crippen LogP contribution in [-0.4, -0.2) is 122 Å². The highest BCUT2D eigenvalue weighted by molar-refractivity contribution is 7.47. The Morgan fingerprint density at radius 2 is 1.85 bits per heavy atom. The number of hydrogen-bond acceptors (Lipinski definition) is 18. The molecule has 2 aliphatic heterocycles. The van der Waals surface area contributed by atoms with E-state index < -0.39 is 95.4 Å². The molecule has 6 rings (SSSR count). The Labute approximate surface area is 350 Å². The number of anilines is 2. The molecule has 1 aromatic carbocycles. The van der Waals surface area contributed by atoms with Crippen LogP contribution in [0.5, 0.6) is 0 Å². The summed E-state index contributed by atoms with van der Waals surface area (Å²) < 4.78 is 60.4. The van der Waals surface area contributed by atoms with Gasteiger partial charge in [-0.2, -0.15) is 4.98 Å². The summed E-state index contributed by atoms with van der Waals surface area (Å²) in [5.74, 6) is -1.52. The van der Waals surface area contributed by atoms with Crippen molar-refractivity contribution in [1.82, 2.24) is 34.0 Å². The van der Waals surface area contributed by atoms with Crippen LogP contribution in [0.1, 0.15) is 37.3 Å². The smallest absolute Gasteiger partial charge is 0.455 e. The highest BCUT2D eigenvalue weighted by atomic mass is 35.5. The van der Waals surface area contributed by atoms with Crippen LogP contribution < -0.4 is 17.2 Å². The number of benzene rings is 1. The molecule has 2 unspecified atom stereocenters. The fraction of sp³-hybridized carbons (Fsp3) is 0.441. The lowest BCUT2D eigenvalue weighted by Gasteiger charge is -2.30. The quantitative estimate of drug-likeness (QED) is 0.0461. The van der Waals surface area contributed by atoms with Crippen molar-refractivity contribution in [2.45, 2.75) is 74.7 Å². The zero-order valence-corrected chi connectivity index (χ0v) is 34.6. The van der Waals surface area contributed by atoms with Gasteiger partial charge in [-0.25, -0.2) is 33.7 Å². The number of nitrogens with zero attached hydrogens (tertiary/aromatic N) is 7. The molecule has 3 aromatic heterocycles. The van der Waals surface area contributed by atoms with Gasteiger partial charge >= 0.3 is 27.3 Å². The highest BCUT2D eigenvalue weighted by Gasteiger charge is 2.50. The molecule has 9 atom stereocenters. The van der Waals surface area contributed by atoms with Crippen LogP contribution in [0.4, 0.5) is 11.6 Å². The highest BCUT2D eigenvalue weighted by Crippen LogP contribution is 2.50. The van der Waals surface area contributed by atoms with Gasteiger partial charge in [0.2, 0.25) is 5.91 Å². The average Bonchev–Trinajstić information content (AvgIpc) is 3.89. The molecule has 0 radical (unpaired) electrons. The predicted octanol–water partition coefficient (Wildman–Crippen LogP) is 1.01. The number of likely N-dealkylation sites (N-methyl/N-ethyl adjacent to an activating group) is 1. The molecule has 0 bridgehead atoms. The van der Waals surface area contributed by atoms with Gasteiger partial charge in [0.1, 0.15) is 54.3 Å². The first-order valence-electron chi connectivity index (χ1n) is 18.3. The SMILES string of the molecule is C=CCCC(=O)N(C)[C@H](Cc1cccc(Cl)c1)C(=O)O[C@@H]1[C@H](COP(=O)(O)O[C@H]2C[C@H](n3ccc(N)nc3=O)O[C@@H]2COP(=O)(O)O)OC(n2cnc3c(N)ncnc32)[C@@H]1O. The zero-order valence-electron chi connectivity index (χ0n) is 32.1. The van der Waals surface area contributed by atoms with E-state index in [0.717, 1.165) is 10.9 Å². The first-order chi connectivity index (χ1) is 28.8. The van der Waals surface area contributed by atoms with E-state index in [-0.39, 0.29) is 42.1 Å². The van der Waals surface area contributed by atoms with E-state index in [9.17, 15) is 43.3 Å². The molecule has 4 aromatic rings. The summed E-state index contributed by atoms with van der Waals surface area (Å²) in [7, 11) is -8.90. The fourth-order valence-electron chi connectivity index (χ4n) is 6.66. The lowest BCUT2D eigenvalue weighted by atomic mass is 10.0. The number of hydrogen-bond donors (Lipinski definition) is 6.